The molecule has 0 radical (unpaired) electrons. The van der Waals surface area contributed by atoms with Crippen molar-refractivity contribution < 1.29 is 18.3 Å². The van der Waals surface area contributed by atoms with E-state index in [2.05, 4.69) is 4.98 Å². The molecule has 1 aromatic heterocycles. The number of alkyl halides is 3. The van der Waals surface area contributed by atoms with Crippen molar-refractivity contribution in [1.82, 2.24) is 4.98 Å². The van der Waals surface area contributed by atoms with E-state index >= 15 is 0 Å². The van der Waals surface area contributed by atoms with Gasteiger partial charge in [-0.2, -0.15) is 0 Å². The smallest absolute Gasteiger partial charge is 0.284 e. The minimum absolute atomic E-state index is 0.355. The SMILES string of the molecule is Oc1c(C(F)F)ncc(F)c1CCl. The minimum Gasteiger partial charge on any atom is -0.505 e. The first-order valence-corrected chi connectivity index (χ1v) is 3.81. The Morgan fingerprint density at radius 1 is 1.54 bits per heavy atom. The monoisotopic (exact) mass is 211 g/mol. The van der Waals surface area contributed by atoms with Gasteiger partial charge in [0.05, 0.1) is 12.1 Å². The van der Waals surface area contributed by atoms with Crippen LogP contribution >= 0.6 is 11.6 Å². The van der Waals surface area contributed by atoms with Crippen LogP contribution in [-0.2, 0) is 5.88 Å². The summed E-state index contributed by atoms with van der Waals surface area (Å²) < 4.78 is 36.9. The Hall–Kier alpha value is -0.970. The Labute approximate surface area is 77.0 Å². The molecule has 0 atom stereocenters. The van der Waals surface area contributed by atoms with Gasteiger partial charge in [-0.1, -0.05) is 0 Å². The molecule has 0 unspecified atom stereocenters. The molecule has 0 aliphatic rings. The number of nitrogens with zero attached hydrogens (tertiary/aromatic N) is 1. The summed E-state index contributed by atoms with van der Waals surface area (Å²) in [6.07, 6.45) is -2.33. The van der Waals surface area contributed by atoms with E-state index in [0.717, 1.165) is 0 Å². The molecule has 13 heavy (non-hydrogen) atoms. The quantitative estimate of drug-likeness (QED) is 0.763. The Morgan fingerprint density at radius 3 is 2.62 bits per heavy atom. The van der Waals surface area contributed by atoms with E-state index in [1.165, 1.54) is 0 Å². The highest BCUT2D eigenvalue weighted by molar-refractivity contribution is 6.17. The van der Waals surface area contributed by atoms with E-state index in [4.69, 9.17) is 16.7 Å². The second kappa shape index (κ2) is 3.83. The lowest BCUT2D eigenvalue weighted by Crippen LogP contribution is -1.97. The van der Waals surface area contributed by atoms with Gasteiger partial charge in [0.2, 0.25) is 0 Å². The molecule has 0 aliphatic heterocycles. The fourth-order valence-electron chi connectivity index (χ4n) is 0.820. The van der Waals surface area contributed by atoms with E-state index in [1.54, 1.807) is 0 Å². The van der Waals surface area contributed by atoms with Gasteiger partial charge in [0, 0.05) is 5.56 Å². The third kappa shape index (κ3) is 1.85. The average Bonchev–Trinajstić information content (AvgIpc) is 2.04. The Bertz CT molecular complexity index is 319. The van der Waals surface area contributed by atoms with Gasteiger partial charge in [-0.3, -0.25) is 0 Å². The zero-order valence-corrected chi connectivity index (χ0v) is 7.02. The summed E-state index contributed by atoms with van der Waals surface area (Å²) in [4.78, 5) is 3.05. The molecule has 6 heteroatoms. The van der Waals surface area contributed by atoms with Crippen LogP contribution in [0.5, 0.6) is 5.75 Å². The van der Waals surface area contributed by atoms with Crippen LogP contribution in [0.15, 0.2) is 6.20 Å². The van der Waals surface area contributed by atoms with Crippen LogP contribution in [0.1, 0.15) is 17.7 Å². The van der Waals surface area contributed by atoms with Crippen LogP contribution in [0.2, 0.25) is 0 Å². The summed E-state index contributed by atoms with van der Waals surface area (Å²) in [6, 6.07) is 0. The number of hydrogen-bond donors (Lipinski definition) is 1. The van der Waals surface area contributed by atoms with Gasteiger partial charge in [-0.25, -0.2) is 18.2 Å². The molecule has 1 rings (SSSR count). The van der Waals surface area contributed by atoms with E-state index in [9.17, 15) is 13.2 Å². The molecular weight excluding hydrogens is 207 g/mol. The Morgan fingerprint density at radius 2 is 2.15 bits per heavy atom. The highest BCUT2D eigenvalue weighted by atomic mass is 35.5. The molecule has 0 spiro atoms. The lowest BCUT2D eigenvalue weighted by Gasteiger charge is -2.06. The maximum Gasteiger partial charge on any atom is 0.284 e. The lowest BCUT2D eigenvalue weighted by atomic mass is 10.2. The first kappa shape index (κ1) is 10.1. The van der Waals surface area contributed by atoms with E-state index in [1.807, 2.05) is 0 Å². The van der Waals surface area contributed by atoms with E-state index in [0.29, 0.717) is 6.20 Å². The molecular formula is C7H5ClF3NO. The third-order valence-corrected chi connectivity index (χ3v) is 1.74. The van der Waals surface area contributed by atoms with Crippen molar-refractivity contribution in [2.24, 2.45) is 0 Å². The van der Waals surface area contributed by atoms with Crippen LogP contribution in [0.25, 0.3) is 0 Å². The van der Waals surface area contributed by atoms with Crippen LogP contribution in [0, 0.1) is 5.82 Å². The van der Waals surface area contributed by atoms with Crippen molar-refractivity contribution in [3.8, 4) is 5.75 Å². The summed E-state index contributed by atoms with van der Waals surface area (Å²) in [5, 5.41) is 9.07. The fraction of sp³-hybridized carbons (Fsp3) is 0.286. The topological polar surface area (TPSA) is 33.1 Å². The highest BCUT2D eigenvalue weighted by Gasteiger charge is 2.19. The number of hydrogen-bond acceptors (Lipinski definition) is 2. The third-order valence-electron chi connectivity index (χ3n) is 1.47. The fourth-order valence-corrected chi connectivity index (χ4v) is 1.07. The molecule has 1 heterocycles. The van der Waals surface area contributed by atoms with Crippen molar-refractivity contribution in [2.75, 3.05) is 0 Å². The molecule has 0 fully saturated rings. The summed E-state index contributed by atoms with van der Waals surface area (Å²) in [5.74, 6) is -2.14. The van der Waals surface area contributed by atoms with Crippen LogP contribution in [-0.4, -0.2) is 10.1 Å². The molecule has 0 bridgehead atoms. The summed E-state index contributed by atoms with van der Waals surface area (Å²) in [6.45, 7) is 0. The molecule has 2 nitrogen and oxygen atoms in total. The summed E-state index contributed by atoms with van der Waals surface area (Å²) >= 11 is 5.24. The summed E-state index contributed by atoms with van der Waals surface area (Å²) in [5.41, 5.74) is -1.20. The normalized spacial score (nSPS) is 10.8. The average molecular weight is 212 g/mol. The van der Waals surface area contributed by atoms with Gasteiger partial charge in [0.1, 0.15) is 17.3 Å². The van der Waals surface area contributed by atoms with E-state index < -0.39 is 23.7 Å². The second-order valence-electron chi connectivity index (χ2n) is 2.25. The maximum atomic E-state index is 12.7. The first-order valence-electron chi connectivity index (χ1n) is 3.28. The van der Waals surface area contributed by atoms with Crippen molar-refractivity contribution in [3.05, 3.63) is 23.3 Å². The molecule has 0 aliphatic carbocycles. The van der Waals surface area contributed by atoms with Gasteiger partial charge >= 0.3 is 0 Å². The van der Waals surface area contributed by atoms with Crippen molar-refractivity contribution in [2.45, 2.75) is 12.3 Å². The number of aromatic nitrogens is 1. The van der Waals surface area contributed by atoms with Gasteiger partial charge in [0.25, 0.3) is 6.43 Å². The van der Waals surface area contributed by atoms with Gasteiger partial charge < -0.3 is 5.11 Å². The number of aromatic hydroxyl groups is 1. The predicted molar refractivity (Wildman–Crippen MR) is 40.4 cm³/mol. The molecule has 0 aromatic carbocycles. The number of rotatable bonds is 2. The first-order chi connectivity index (χ1) is 6.07. The van der Waals surface area contributed by atoms with Crippen LogP contribution in [0.4, 0.5) is 13.2 Å². The predicted octanol–water partition coefficient (Wildman–Crippen LogP) is 2.60. The standard InChI is InChI=1S/C7H5ClF3NO/c8-1-3-4(9)2-12-5(6(3)13)7(10)11/h2,7,13H,1H2. The number of pyridine rings is 1. The van der Waals surface area contributed by atoms with Crippen molar-refractivity contribution >= 4 is 11.6 Å². The van der Waals surface area contributed by atoms with Crippen molar-refractivity contribution in [3.63, 3.8) is 0 Å². The molecule has 1 N–H and O–H groups in total. The van der Waals surface area contributed by atoms with Crippen LogP contribution < -0.4 is 0 Å². The molecule has 0 amide bonds. The molecule has 72 valence electrons. The lowest BCUT2D eigenvalue weighted by molar-refractivity contribution is 0.141. The maximum absolute atomic E-state index is 12.7. The summed E-state index contributed by atoms with van der Waals surface area (Å²) in [7, 11) is 0. The largest absolute Gasteiger partial charge is 0.505 e. The van der Waals surface area contributed by atoms with Crippen LogP contribution in [0.3, 0.4) is 0 Å². The minimum atomic E-state index is -2.94. The van der Waals surface area contributed by atoms with Gasteiger partial charge in [-0.05, 0) is 0 Å². The molecule has 0 saturated heterocycles. The molecule has 0 saturated carbocycles. The Balaban J connectivity index is 3.27. The van der Waals surface area contributed by atoms with Gasteiger partial charge in [-0.15, -0.1) is 11.6 Å². The zero-order valence-electron chi connectivity index (χ0n) is 6.27. The van der Waals surface area contributed by atoms with E-state index in [-0.39, 0.29) is 11.4 Å². The highest BCUT2D eigenvalue weighted by Crippen LogP contribution is 2.31. The molecule has 1 aromatic rings. The Kier molecular flexibility index (Phi) is 2.98. The van der Waals surface area contributed by atoms with Crippen molar-refractivity contribution in [1.29, 1.82) is 0 Å². The van der Waals surface area contributed by atoms with Gasteiger partial charge in [0.15, 0.2) is 0 Å². The number of halogens is 4. The second-order valence-corrected chi connectivity index (χ2v) is 2.52. The zero-order chi connectivity index (χ0) is 10.0.